The van der Waals surface area contributed by atoms with Crippen molar-refractivity contribution in [3.63, 3.8) is 0 Å². The van der Waals surface area contributed by atoms with Crippen LogP contribution in [0.3, 0.4) is 0 Å². The Balaban J connectivity index is 2.62. The van der Waals surface area contributed by atoms with Crippen molar-refractivity contribution in [1.82, 2.24) is 0 Å². The molecule has 0 bridgehead atoms. The molecule has 0 aromatic rings. The summed E-state index contributed by atoms with van der Waals surface area (Å²) >= 11 is 0. The zero-order valence-corrected chi connectivity index (χ0v) is 8.51. The minimum absolute atomic E-state index is 0.193. The van der Waals surface area contributed by atoms with E-state index in [0.29, 0.717) is 6.42 Å². The normalized spacial score (nSPS) is 28.9. The Morgan fingerprint density at radius 2 is 2.31 bits per heavy atom. The molecule has 0 aliphatic heterocycles. The number of allylic oxidation sites excluding steroid dienone is 1. The third-order valence-corrected chi connectivity index (χ3v) is 2.64. The lowest BCUT2D eigenvalue weighted by molar-refractivity contribution is -0.128. The molecule has 0 amide bonds. The molecule has 0 heterocycles. The SMILES string of the molecule is CC/C1=C/CC(OC)C(=O)CCC1. The zero-order valence-electron chi connectivity index (χ0n) is 8.51. The van der Waals surface area contributed by atoms with Crippen LogP contribution < -0.4 is 0 Å². The number of ether oxygens (including phenoxy) is 1. The van der Waals surface area contributed by atoms with Gasteiger partial charge < -0.3 is 4.74 Å². The van der Waals surface area contributed by atoms with Gasteiger partial charge in [0.25, 0.3) is 0 Å². The largest absolute Gasteiger partial charge is 0.373 e. The van der Waals surface area contributed by atoms with Crippen LogP contribution in [0.25, 0.3) is 0 Å². The number of rotatable bonds is 2. The number of Topliss-reactive ketones (excluding diaryl/α,β-unsaturated/α-hetero) is 1. The summed E-state index contributed by atoms with van der Waals surface area (Å²) < 4.78 is 5.14. The lowest BCUT2D eigenvalue weighted by atomic mass is 9.96. The molecule has 2 heteroatoms. The number of methoxy groups -OCH3 is 1. The smallest absolute Gasteiger partial charge is 0.161 e. The highest BCUT2D eigenvalue weighted by atomic mass is 16.5. The van der Waals surface area contributed by atoms with Gasteiger partial charge in [0, 0.05) is 13.5 Å². The highest BCUT2D eigenvalue weighted by Crippen LogP contribution is 2.18. The van der Waals surface area contributed by atoms with Gasteiger partial charge in [-0.3, -0.25) is 4.79 Å². The van der Waals surface area contributed by atoms with Gasteiger partial charge in [0.2, 0.25) is 0 Å². The van der Waals surface area contributed by atoms with Crippen LogP contribution in [0.4, 0.5) is 0 Å². The molecule has 74 valence electrons. The van der Waals surface area contributed by atoms with Crippen molar-refractivity contribution in [2.24, 2.45) is 0 Å². The second kappa shape index (κ2) is 5.18. The van der Waals surface area contributed by atoms with E-state index < -0.39 is 0 Å². The van der Waals surface area contributed by atoms with Gasteiger partial charge in [-0.1, -0.05) is 18.6 Å². The number of carbonyl (C=O) groups is 1. The van der Waals surface area contributed by atoms with Gasteiger partial charge in [0.1, 0.15) is 6.10 Å². The number of hydrogen-bond donors (Lipinski definition) is 0. The average molecular weight is 182 g/mol. The van der Waals surface area contributed by atoms with E-state index in [-0.39, 0.29) is 11.9 Å². The topological polar surface area (TPSA) is 26.3 Å². The Morgan fingerprint density at radius 1 is 1.54 bits per heavy atom. The first kappa shape index (κ1) is 10.5. The lowest BCUT2D eigenvalue weighted by Gasteiger charge is -2.16. The van der Waals surface area contributed by atoms with Crippen LogP contribution in [-0.4, -0.2) is 19.0 Å². The molecule has 13 heavy (non-hydrogen) atoms. The van der Waals surface area contributed by atoms with E-state index in [1.807, 2.05) is 0 Å². The van der Waals surface area contributed by atoms with Crippen LogP contribution in [0.2, 0.25) is 0 Å². The molecule has 1 rings (SSSR count). The second-order valence-corrected chi connectivity index (χ2v) is 3.50. The molecule has 2 nitrogen and oxygen atoms in total. The van der Waals surface area contributed by atoms with Crippen LogP contribution in [0.1, 0.15) is 39.0 Å². The Morgan fingerprint density at radius 3 is 2.92 bits per heavy atom. The Labute approximate surface area is 80.0 Å². The van der Waals surface area contributed by atoms with Crippen molar-refractivity contribution < 1.29 is 9.53 Å². The van der Waals surface area contributed by atoms with Gasteiger partial charge in [-0.2, -0.15) is 0 Å². The number of ketones is 1. The van der Waals surface area contributed by atoms with Crippen molar-refractivity contribution in [1.29, 1.82) is 0 Å². The molecular formula is C11H18O2. The fourth-order valence-electron chi connectivity index (χ4n) is 1.71. The quantitative estimate of drug-likeness (QED) is 0.613. The predicted octanol–water partition coefficient (Wildman–Crippen LogP) is 2.48. The summed E-state index contributed by atoms with van der Waals surface area (Å²) in [6.45, 7) is 2.16. The molecule has 1 aliphatic carbocycles. The van der Waals surface area contributed by atoms with Gasteiger partial charge in [-0.15, -0.1) is 0 Å². The number of hydrogen-bond acceptors (Lipinski definition) is 2. The number of carbonyl (C=O) groups excluding carboxylic acids is 1. The summed E-state index contributed by atoms with van der Waals surface area (Å²) in [5.41, 5.74) is 1.47. The standard InChI is InChI=1S/C11H18O2/c1-3-9-5-4-6-10(12)11(13-2)8-7-9/h7,11H,3-6,8H2,1-2H3/b9-7-. The van der Waals surface area contributed by atoms with Crippen LogP contribution in [0.15, 0.2) is 11.6 Å². The maximum absolute atomic E-state index is 11.4. The summed E-state index contributed by atoms with van der Waals surface area (Å²) in [4.78, 5) is 11.4. The van der Waals surface area contributed by atoms with Crippen LogP contribution in [0.5, 0.6) is 0 Å². The first-order valence-electron chi connectivity index (χ1n) is 5.01. The fraction of sp³-hybridized carbons (Fsp3) is 0.727. The monoisotopic (exact) mass is 182 g/mol. The second-order valence-electron chi connectivity index (χ2n) is 3.50. The van der Waals surface area contributed by atoms with Gasteiger partial charge in [-0.05, 0) is 25.7 Å². The molecule has 1 aliphatic rings. The first-order chi connectivity index (χ1) is 6.27. The summed E-state index contributed by atoms with van der Waals surface area (Å²) in [5, 5.41) is 0. The van der Waals surface area contributed by atoms with Crippen molar-refractivity contribution in [3.8, 4) is 0 Å². The molecule has 0 aromatic heterocycles. The van der Waals surface area contributed by atoms with E-state index in [0.717, 1.165) is 25.7 Å². The minimum atomic E-state index is -0.193. The molecule has 0 N–H and O–H groups in total. The van der Waals surface area contributed by atoms with Crippen molar-refractivity contribution >= 4 is 5.78 Å². The van der Waals surface area contributed by atoms with Crippen LogP contribution in [-0.2, 0) is 9.53 Å². The maximum Gasteiger partial charge on any atom is 0.161 e. The lowest BCUT2D eigenvalue weighted by Crippen LogP contribution is -2.23. The highest BCUT2D eigenvalue weighted by molar-refractivity contribution is 5.83. The molecule has 0 saturated carbocycles. The fourth-order valence-corrected chi connectivity index (χ4v) is 1.71. The molecule has 0 spiro atoms. The molecule has 0 saturated heterocycles. The molecule has 1 atom stereocenters. The molecular weight excluding hydrogens is 164 g/mol. The molecule has 0 fully saturated rings. The summed E-state index contributed by atoms with van der Waals surface area (Å²) in [6.07, 6.45) is 6.59. The maximum atomic E-state index is 11.4. The van der Waals surface area contributed by atoms with E-state index in [9.17, 15) is 4.79 Å². The van der Waals surface area contributed by atoms with Crippen LogP contribution in [0, 0.1) is 0 Å². The van der Waals surface area contributed by atoms with E-state index in [4.69, 9.17) is 4.74 Å². The van der Waals surface area contributed by atoms with Crippen molar-refractivity contribution in [2.45, 2.75) is 45.1 Å². The highest BCUT2D eigenvalue weighted by Gasteiger charge is 2.18. The van der Waals surface area contributed by atoms with Gasteiger partial charge in [0.15, 0.2) is 5.78 Å². The Kier molecular flexibility index (Phi) is 4.16. The van der Waals surface area contributed by atoms with E-state index >= 15 is 0 Å². The molecule has 0 aromatic carbocycles. The summed E-state index contributed by atoms with van der Waals surface area (Å²) in [5.74, 6) is 0.258. The minimum Gasteiger partial charge on any atom is -0.373 e. The third-order valence-electron chi connectivity index (χ3n) is 2.64. The van der Waals surface area contributed by atoms with E-state index in [2.05, 4.69) is 13.0 Å². The average Bonchev–Trinajstić information content (AvgIpc) is 2.12. The van der Waals surface area contributed by atoms with Gasteiger partial charge in [0.05, 0.1) is 0 Å². The Bertz CT molecular complexity index is 206. The van der Waals surface area contributed by atoms with Crippen LogP contribution >= 0.6 is 0 Å². The Hall–Kier alpha value is -0.630. The first-order valence-corrected chi connectivity index (χ1v) is 5.01. The van der Waals surface area contributed by atoms with E-state index in [1.165, 1.54) is 5.57 Å². The third kappa shape index (κ3) is 2.96. The summed E-state index contributed by atoms with van der Waals surface area (Å²) in [7, 11) is 1.61. The van der Waals surface area contributed by atoms with Crippen molar-refractivity contribution in [3.05, 3.63) is 11.6 Å². The zero-order chi connectivity index (χ0) is 9.68. The van der Waals surface area contributed by atoms with Gasteiger partial charge in [-0.25, -0.2) is 0 Å². The van der Waals surface area contributed by atoms with Gasteiger partial charge >= 0.3 is 0 Å². The molecule has 0 radical (unpaired) electrons. The predicted molar refractivity (Wildman–Crippen MR) is 52.6 cm³/mol. The molecule has 1 unspecified atom stereocenters. The summed E-state index contributed by atoms with van der Waals surface area (Å²) in [6, 6.07) is 0. The van der Waals surface area contributed by atoms with Crippen molar-refractivity contribution in [2.75, 3.05) is 7.11 Å². The van der Waals surface area contributed by atoms with E-state index in [1.54, 1.807) is 7.11 Å².